The number of carbonyl (C=O) groups excluding carboxylic acids is 1. The third-order valence-corrected chi connectivity index (χ3v) is 6.70. The van der Waals surface area contributed by atoms with Gasteiger partial charge < -0.3 is 9.80 Å². The van der Waals surface area contributed by atoms with E-state index in [2.05, 4.69) is 34.9 Å². The molecular formula is C27H30N8O. The summed E-state index contributed by atoms with van der Waals surface area (Å²) < 4.78 is 3.62. The molecule has 0 spiro atoms. The number of aromatic nitrogens is 5. The van der Waals surface area contributed by atoms with Crippen molar-refractivity contribution in [3.63, 3.8) is 0 Å². The number of aryl methyl sites for hydroxylation is 1. The summed E-state index contributed by atoms with van der Waals surface area (Å²) in [6.45, 7) is 7.26. The normalized spacial score (nSPS) is 14.0. The average molecular weight is 483 g/mol. The molecule has 36 heavy (non-hydrogen) atoms. The highest BCUT2D eigenvalue weighted by atomic mass is 16.2. The Balaban J connectivity index is 1.38. The molecule has 9 heteroatoms. The Bertz CT molecular complexity index is 1420. The fourth-order valence-electron chi connectivity index (χ4n) is 4.62. The van der Waals surface area contributed by atoms with Gasteiger partial charge in [-0.25, -0.2) is 9.97 Å². The van der Waals surface area contributed by atoms with E-state index in [0.29, 0.717) is 36.8 Å². The summed E-state index contributed by atoms with van der Waals surface area (Å²) in [5.74, 6) is 1.67. The molecule has 0 aliphatic carbocycles. The lowest BCUT2D eigenvalue weighted by Crippen LogP contribution is -2.49. The molecule has 9 nitrogen and oxygen atoms in total. The number of fused-ring (bicyclic) bond motifs is 1. The van der Waals surface area contributed by atoms with Crippen LogP contribution < -0.4 is 4.90 Å². The van der Waals surface area contributed by atoms with Crippen molar-refractivity contribution in [2.24, 2.45) is 13.0 Å². The predicted octanol–water partition coefficient (Wildman–Crippen LogP) is 3.75. The van der Waals surface area contributed by atoms with E-state index in [1.165, 1.54) is 0 Å². The van der Waals surface area contributed by atoms with Gasteiger partial charge in [-0.1, -0.05) is 13.8 Å². The second kappa shape index (κ2) is 9.82. The van der Waals surface area contributed by atoms with Crippen LogP contribution in [0.3, 0.4) is 0 Å². The molecule has 1 saturated heterocycles. The minimum atomic E-state index is 0.248. The van der Waals surface area contributed by atoms with Crippen molar-refractivity contribution in [3.05, 3.63) is 54.7 Å². The number of carbonyl (C=O) groups is 1. The molecule has 0 N–H and O–H groups in total. The Morgan fingerprint density at radius 1 is 1.03 bits per heavy atom. The Kier molecular flexibility index (Phi) is 6.42. The Morgan fingerprint density at radius 3 is 2.47 bits per heavy atom. The van der Waals surface area contributed by atoms with E-state index < -0.39 is 0 Å². The lowest BCUT2D eigenvalue weighted by Gasteiger charge is -2.35. The minimum Gasteiger partial charge on any atom is -0.353 e. The second-order valence-electron chi connectivity index (χ2n) is 9.69. The minimum absolute atomic E-state index is 0.248. The zero-order valence-corrected chi connectivity index (χ0v) is 20.9. The molecule has 0 unspecified atom stereocenters. The smallest absolute Gasteiger partial charge is 0.222 e. The number of nitriles is 1. The fourth-order valence-corrected chi connectivity index (χ4v) is 4.62. The Labute approximate surface area is 210 Å². The van der Waals surface area contributed by atoms with Gasteiger partial charge in [-0.3, -0.25) is 13.9 Å². The van der Waals surface area contributed by atoms with Crippen molar-refractivity contribution < 1.29 is 4.79 Å². The summed E-state index contributed by atoms with van der Waals surface area (Å²) in [5, 5.41) is 13.9. The third-order valence-electron chi connectivity index (χ3n) is 6.70. The summed E-state index contributed by atoms with van der Waals surface area (Å²) in [6.07, 6.45) is 8.77. The SMILES string of the molecule is CC(C)CCC(=O)N1CCN(c2ccc(-c3cc(-c4cnn(C)c4)cc4ncc(C#N)n34)cn2)CC1. The first-order valence-corrected chi connectivity index (χ1v) is 12.3. The predicted molar refractivity (Wildman–Crippen MR) is 138 cm³/mol. The summed E-state index contributed by atoms with van der Waals surface area (Å²) >= 11 is 0. The van der Waals surface area contributed by atoms with E-state index in [1.807, 2.05) is 59.2 Å². The van der Waals surface area contributed by atoms with Crippen molar-refractivity contribution in [2.75, 3.05) is 31.1 Å². The van der Waals surface area contributed by atoms with Crippen molar-refractivity contribution in [1.29, 1.82) is 5.26 Å². The number of hydrogen-bond acceptors (Lipinski definition) is 6. The maximum absolute atomic E-state index is 12.5. The quantitative estimate of drug-likeness (QED) is 0.415. The van der Waals surface area contributed by atoms with Gasteiger partial charge in [-0.15, -0.1) is 0 Å². The van der Waals surface area contributed by atoms with Crippen LogP contribution in [0, 0.1) is 17.2 Å². The van der Waals surface area contributed by atoms with E-state index >= 15 is 0 Å². The average Bonchev–Trinajstić information content (AvgIpc) is 3.53. The number of hydrogen-bond donors (Lipinski definition) is 0. The number of pyridine rings is 2. The van der Waals surface area contributed by atoms with Crippen LogP contribution in [0.15, 0.2) is 49.1 Å². The van der Waals surface area contributed by atoms with Gasteiger partial charge in [-0.05, 0) is 42.2 Å². The van der Waals surface area contributed by atoms with Crippen LogP contribution in [0.5, 0.6) is 0 Å². The van der Waals surface area contributed by atoms with Crippen LogP contribution in [0.1, 0.15) is 32.4 Å². The Hall–Kier alpha value is -4.19. The van der Waals surface area contributed by atoms with Crippen LogP contribution in [0.2, 0.25) is 0 Å². The number of nitrogens with zero attached hydrogens (tertiary/aromatic N) is 8. The highest BCUT2D eigenvalue weighted by Gasteiger charge is 2.22. The van der Waals surface area contributed by atoms with E-state index in [-0.39, 0.29) is 5.91 Å². The summed E-state index contributed by atoms with van der Waals surface area (Å²) in [5.41, 5.74) is 4.87. The second-order valence-corrected chi connectivity index (χ2v) is 9.69. The molecule has 5 rings (SSSR count). The molecule has 0 bridgehead atoms. The topological polar surface area (TPSA) is 95.4 Å². The van der Waals surface area contributed by atoms with Gasteiger partial charge in [0.15, 0.2) is 0 Å². The van der Waals surface area contributed by atoms with Gasteiger partial charge in [-0.2, -0.15) is 10.4 Å². The number of piperazine rings is 1. The van der Waals surface area contributed by atoms with Crippen LogP contribution in [-0.4, -0.2) is 61.1 Å². The number of anilines is 1. The van der Waals surface area contributed by atoms with Gasteiger partial charge in [0, 0.05) is 63.2 Å². The van der Waals surface area contributed by atoms with Gasteiger partial charge >= 0.3 is 0 Å². The maximum atomic E-state index is 12.5. The lowest BCUT2D eigenvalue weighted by atomic mass is 10.1. The summed E-state index contributed by atoms with van der Waals surface area (Å²) in [4.78, 5) is 25.9. The molecule has 1 aliphatic rings. The molecular weight excluding hydrogens is 452 g/mol. The molecule has 1 aliphatic heterocycles. The lowest BCUT2D eigenvalue weighted by molar-refractivity contribution is -0.131. The summed E-state index contributed by atoms with van der Waals surface area (Å²) in [6, 6.07) is 10.3. The monoisotopic (exact) mass is 482 g/mol. The molecule has 0 saturated carbocycles. The van der Waals surface area contributed by atoms with E-state index in [0.717, 1.165) is 47.7 Å². The Morgan fingerprint density at radius 2 is 1.83 bits per heavy atom. The molecule has 0 atom stereocenters. The first kappa shape index (κ1) is 23.5. The molecule has 5 heterocycles. The van der Waals surface area contributed by atoms with Crippen LogP contribution in [0.4, 0.5) is 5.82 Å². The molecule has 1 fully saturated rings. The highest BCUT2D eigenvalue weighted by molar-refractivity contribution is 5.77. The molecule has 1 amide bonds. The first-order chi connectivity index (χ1) is 17.4. The number of amides is 1. The largest absolute Gasteiger partial charge is 0.353 e. The van der Waals surface area contributed by atoms with Gasteiger partial charge in [0.25, 0.3) is 0 Å². The van der Waals surface area contributed by atoms with Crippen molar-refractivity contribution >= 4 is 17.4 Å². The van der Waals surface area contributed by atoms with Crippen molar-refractivity contribution in [1.82, 2.24) is 29.0 Å². The van der Waals surface area contributed by atoms with Crippen LogP contribution >= 0.6 is 0 Å². The molecule has 184 valence electrons. The molecule has 4 aromatic rings. The van der Waals surface area contributed by atoms with E-state index in [9.17, 15) is 10.1 Å². The number of rotatable bonds is 6. The molecule has 0 radical (unpaired) electrons. The van der Waals surface area contributed by atoms with Gasteiger partial charge in [0.05, 0.1) is 18.1 Å². The van der Waals surface area contributed by atoms with Crippen LogP contribution in [0.25, 0.3) is 28.0 Å². The third kappa shape index (κ3) is 4.67. The first-order valence-electron chi connectivity index (χ1n) is 12.3. The standard InChI is InChI=1S/C27H30N8O/c1-19(2)4-7-27(36)34-10-8-33(9-11-34)25-6-5-20(15-29-25)24-12-21(22-16-31-32(3)18-22)13-26-30-17-23(14-28)35(24)26/h5-6,12-13,15-19H,4,7-11H2,1-3H3. The van der Waals surface area contributed by atoms with E-state index in [4.69, 9.17) is 4.98 Å². The molecule has 4 aromatic heterocycles. The van der Waals surface area contributed by atoms with Gasteiger partial charge in [0.1, 0.15) is 23.2 Å². The summed E-state index contributed by atoms with van der Waals surface area (Å²) in [7, 11) is 1.89. The highest BCUT2D eigenvalue weighted by Crippen LogP contribution is 2.30. The molecule has 0 aromatic carbocycles. The van der Waals surface area contributed by atoms with Crippen molar-refractivity contribution in [2.45, 2.75) is 26.7 Å². The van der Waals surface area contributed by atoms with E-state index in [1.54, 1.807) is 10.9 Å². The van der Waals surface area contributed by atoms with Gasteiger partial charge in [0.2, 0.25) is 5.91 Å². The zero-order chi connectivity index (χ0) is 25.2. The fraction of sp³-hybridized carbons (Fsp3) is 0.370. The maximum Gasteiger partial charge on any atom is 0.222 e. The number of imidazole rings is 1. The zero-order valence-electron chi connectivity index (χ0n) is 20.9. The van der Waals surface area contributed by atoms with Crippen LogP contribution in [-0.2, 0) is 11.8 Å². The van der Waals surface area contributed by atoms with Crippen molar-refractivity contribution in [3.8, 4) is 28.5 Å².